The van der Waals surface area contributed by atoms with Gasteiger partial charge in [-0.1, -0.05) is 37.3 Å². The van der Waals surface area contributed by atoms with Crippen LogP contribution in [0.3, 0.4) is 0 Å². The van der Waals surface area contributed by atoms with Gasteiger partial charge in [-0.05, 0) is 12.0 Å². The van der Waals surface area contributed by atoms with E-state index in [1.54, 1.807) is 12.3 Å². The average Bonchev–Trinajstić information content (AvgIpc) is 2.57. The third-order valence-corrected chi connectivity index (χ3v) is 3.51. The number of hydrogen-bond donors (Lipinski definition) is 0. The van der Waals surface area contributed by atoms with E-state index in [2.05, 4.69) is 51.0 Å². The van der Waals surface area contributed by atoms with Gasteiger partial charge in [-0.25, -0.2) is 15.0 Å². The van der Waals surface area contributed by atoms with Crippen molar-refractivity contribution in [3.8, 4) is 0 Å². The first-order valence-corrected chi connectivity index (χ1v) is 7.52. The molecule has 0 N–H and O–H groups in total. The highest BCUT2D eigenvalue weighted by molar-refractivity contribution is 14.0. The van der Waals surface area contributed by atoms with Gasteiger partial charge in [-0.15, -0.1) is 24.0 Å². The highest BCUT2D eigenvalue weighted by atomic mass is 127. The lowest BCUT2D eigenvalue weighted by Crippen LogP contribution is -2.37. The van der Waals surface area contributed by atoms with Crippen molar-refractivity contribution in [3.63, 3.8) is 0 Å². The Morgan fingerprint density at radius 2 is 2.04 bits per heavy atom. The Hall–Kier alpha value is -1.67. The molecule has 0 radical (unpaired) electrons. The highest BCUT2D eigenvalue weighted by Gasteiger charge is 2.23. The quantitative estimate of drug-likeness (QED) is 0.709. The predicted octanol–water partition coefficient (Wildman–Crippen LogP) is 3.66. The number of aliphatic imine (C=N–C) groups is 2. The normalized spacial score (nSPS) is 19.5. The lowest BCUT2D eigenvalue weighted by Gasteiger charge is -2.31. The molecule has 120 valence electrons. The van der Waals surface area contributed by atoms with Crippen LogP contribution in [0.2, 0.25) is 0 Å². The van der Waals surface area contributed by atoms with Crippen LogP contribution in [0.1, 0.15) is 25.1 Å². The summed E-state index contributed by atoms with van der Waals surface area (Å²) in [5.41, 5.74) is 2.15. The van der Waals surface area contributed by atoms with Gasteiger partial charge in [0, 0.05) is 31.6 Å². The Morgan fingerprint density at radius 1 is 1.22 bits per heavy atom. The fraction of sp³-hybridized carbons (Fsp3) is 0.294. The summed E-state index contributed by atoms with van der Waals surface area (Å²) in [5, 5.41) is 0. The topological polar surface area (TPSA) is 53.7 Å². The van der Waals surface area contributed by atoms with E-state index in [9.17, 15) is 0 Å². The first-order chi connectivity index (χ1) is 10.9. The number of rotatable bonds is 4. The number of halogens is 1. The molecule has 0 spiro atoms. The van der Waals surface area contributed by atoms with Crippen molar-refractivity contribution in [2.45, 2.75) is 19.5 Å². The molecular weight excluding hydrogens is 401 g/mol. The average molecular weight is 421 g/mol. The molecule has 0 fully saturated rings. The zero-order valence-corrected chi connectivity index (χ0v) is 15.4. The molecule has 0 saturated carbocycles. The van der Waals surface area contributed by atoms with Crippen molar-refractivity contribution >= 4 is 41.7 Å². The van der Waals surface area contributed by atoms with Gasteiger partial charge in [-0.2, -0.15) is 0 Å². The molecule has 2 heterocycles. The number of aromatic nitrogens is 2. The van der Waals surface area contributed by atoms with Gasteiger partial charge in [0.15, 0.2) is 5.82 Å². The van der Waals surface area contributed by atoms with Crippen LogP contribution in [0, 0.1) is 0 Å². The van der Waals surface area contributed by atoms with Crippen molar-refractivity contribution in [3.05, 3.63) is 54.5 Å². The summed E-state index contributed by atoms with van der Waals surface area (Å²) < 4.78 is 0. The number of nitrogens with zero attached hydrogens (tertiary/aromatic N) is 5. The van der Waals surface area contributed by atoms with E-state index in [1.807, 2.05) is 12.3 Å². The SMILES string of the molecule is CCCN1C/C(=N/c2ccncn2)C=NC1c1ccccc1.I. The molecule has 1 aromatic carbocycles. The van der Waals surface area contributed by atoms with Gasteiger partial charge in [0.1, 0.15) is 12.5 Å². The van der Waals surface area contributed by atoms with Gasteiger partial charge in [0.05, 0.1) is 5.71 Å². The van der Waals surface area contributed by atoms with Gasteiger partial charge in [0.2, 0.25) is 0 Å². The van der Waals surface area contributed by atoms with E-state index in [0.717, 1.165) is 25.2 Å². The molecule has 0 amide bonds. The van der Waals surface area contributed by atoms with Crippen molar-refractivity contribution < 1.29 is 0 Å². The zero-order chi connectivity index (χ0) is 15.2. The first-order valence-electron chi connectivity index (χ1n) is 7.52. The zero-order valence-electron chi connectivity index (χ0n) is 13.0. The van der Waals surface area contributed by atoms with E-state index in [4.69, 9.17) is 4.99 Å². The van der Waals surface area contributed by atoms with Crippen LogP contribution in [-0.4, -0.2) is 39.9 Å². The van der Waals surface area contributed by atoms with Crippen molar-refractivity contribution in [1.29, 1.82) is 0 Å². The summed E-state index contributed by atoms with van der Waals surface area (Å²) in [5.74, 6) is 0.672. The second-order valence-electron chi connectivity index (χ2n) is 5.20. The fourth-order valence-electron chi connectivity index (χ4n) is 2.56. The predicted molar refractivity (Wildman–Crippen MR) is 104 cm³/mol. The molecular formula is C17H20IN5. The second-order valence-corrected chi connectivity index (χ2v) is 5.20. The van der Waals surface area contributed by atoms with Crippen LogP contribution in [-0.2, 0) is 0 Å². The molecule has 0 aliphatic carbocycles. The number of hydrogen-bond acceptors (Lipinski definition) is 5. The summed E-state index contributed by atoms with van der Waals surface area (Å²) in [6, 6.07) is 12.2. The lowest BCUT2D eigenvalue weighted by atomic mass is 10.1. The van der Waals surface area contributed by atoms with Gasteiger partial charge < -0.3 is 0 Å². The molecule has 6 heteroatoms. The van der Waals surface area contributed by atoms with E-state index in [-0.39, 0.29) is 30.1 Å². The minimum atomic E-state index is 0. The summed E-state index contributed by atoms with van der Waals surface area (Å²) in [4.78, 5) is 19.7. The van der Waals surface area contributed by atoms with E-state index >= 15 is 0 Å². The van der Waals surface area contributed by atoms with Crippen LogP contribution >= 0.6 is 24.0 Å². The minimum absolute atomic E-state index is 0. The molecule has 2 aromatic rings. The smallest absolute Gasteiger partial charge is 0.155 e. The maximum absolute atomic E-state index is 4.70. The molecule has 0 bridgehead atoms. The van der Waals surface area contributed by atoms with E-state index in [1.165, 1.54) is 11.9 Å². The molecule has 0 saturated heterocycles. The summed E-state index contributed by atoms with van der Waals surface area (Å²) in [6.45, 7) is 3.95. The monoisotopic (exact) mass is 421 g/mol. The fourth-order valence-corrected chi connectivity index (χ4v) is 2.56. The van der Waals surface area contributed by atoms with Crippen LogP contribution in [0.15, 0.2) is 58.9 Å². The maximum atomic E-state index is 4.70. The Morgan fingerprint density at radius 3 is 2.74 bits per heavy atom. The molecule has 1 unspecified atom stereocenters. The molecule has 5 nitrogen and oxygen atoms in total. The van der Waals surface area contributed by atoms with Crippen LogP contribution in [0.4, 0.5) is 5.82 Å². The van der Waals surface area contributed by atoms with Crippen LogP contribution in [0.5, 0.6) is 0 Å². The van der Waals surface area contributed by atoms with E-state index < -0.39 is 0 Å². The summed E-state index contributed by atoms with van der Waals surface area (Å²) >= 11 is 0. The first kappa shape index (κ1) is 17.7. The standard InChI is InChI=1S/C17H19N5.HI/c1-2-10-22-12-15(21-16-8-9-18-13-20-16)11-19-17(22)14-6-4-3-5-7-14;/h3-9,11,13,17H,2,10,12H2,1H3;1H/b21-15+;. The summed E-state index contributed by atoms with van der Waals surface area (Å²) in [7, 11) is 0. The third-order valence-electron chi connectivity index (χ3n) is 3.51. The maximum Gasteiger partial charge on any atom is 0.155 e. The van der Waals surface area contributed by atoms with Crippen molar-refractivity contribution in [1.82, 2.24) is 14.9 Å². The van der Waals surface area contributed by atoms with Gasteiger partial charge in [0.25, 0.3) is 0 Å². The largest absolute Gasteiger partial charge is 0.272 e. The molecule has 1 aliphatic heterocycles. The van der Waals surface area contributed by atoms with Crippen LogP contribution in [0.25, 0.3) is 0 Å². The van der Waals surface area contributed by atoms with Crippen molar-refractivity contribution in [2.75, 3.05) is 13.1 Å². The molecule has 1 aromatic heterocycles. The summed E-state index contributed by atoms with van der Waals surface area (Å²) in [6.07, 6.45) is 6.23. The van der Waals surface area contributed by atoms with Gasteiger partial charge in [-0.3, -0.25) is 9.89 Å². The van der Waals surface area contributed by atoms with E-state index in [0.29, 0.717) is 5.82 Å². The third kappa shape index (κ3) is 4.65. The Bertz CT molecular complexity index is 657. The molecule has 3 rings (SSSR count). The van der Waals surface area contributed by atoms with Crippen LogP contribution < -0.4 is 0 Å². The lowest BCUT2D eigenvalue weighted by molar-refractivity contribution is 0.230. The van der Waals surface area contributed by atoms with Crippen molar-refractivity contribution in [2.24, 2.45) is 9.98 Å². The molecule has 23 heavy (non-hydrogen) atoms. The molecule has 1 aliphatic rings. The highest BCUT2D eigenvalue weighted by Crippen LogP contribution is 2.24. The minimum Gasteiger partial charge on any atom is -0.272 e. The molecule has 1 atom stereocenters. The second kappa shape index (κ2) is 8.83. The Balaban J connectivity index is 0.00000192. The number of benzene rings is 1. The van der Waals surface area contributed by atoms with Gasteiger partial charge >= 0.3 is 0 Å². The Kier molecular flexibility index (Phi) is 6.79. The Labute approximate surface area is 153 Å².